The average molecular weight is 185 g/mol. The van der Waals surface area contributed by atoms with Gasteiger partial charge in [0.25, 0.3) is 0 Å². The summed E-state index contributed by atoms with van der Waals surface area (Å²) in [5.74, 6) is 0. The Labute approximate surface area is 70.6 Å². The Hall–Kier alpha value is -0.757. The van der Waals surface area contributed by atoms with Crippen LogP contribution in [0.5, 0.6) is 0 Å². The predicted octanol–water partition coefficient (Wildman–Crippen LogP) is 0.955. The molecule has 0 aliphatic rings. The molecule has 46 valence electrons. The van der Waals surface area contributed by atoms with Crippen molar-refractivity contribution in [3.8, 4) is 0 Å². The van der Waals surface area contributed by atoms with Gasteiger partial charge < -0.3 is 4.98 Å². The Bertz CT molecular complexity index is 287. The third-order valence-corrected chi connectivity index (χ3v) is 1.19. The van der Waals surface area contributed by atoms with Gasteiger partial charge in [0.15, 0.2) is 5.65 Å². The molecule has 0 aliphatic carbocycles. The summed E-state index contributed by atoms with van der Waals surface area (Å²) < 4.78 is 0. The summed E-state index contributed by atoms with van der Waals surface area (Å²) in [7, 11) is 0. The van der Waals surface area contributed by atoms with E-state index in [9.17, 15) is 0 Å². The molecule has 0 fully saturated rings. The van der Waals surface area contributed by atoms with Gasteiger partial charge >= 0.3 is 0 Å². The van der Waals surface area contributed by atoms with Crippen LogP contribution in [0, 0.1) is 0 Å². The first-order valence-corrected chi connectivity index (χ1v) is 2.71. The molecule has 2 aromatic heterocycles. The van der Waals surface area contributed by atoms with Crippen molar-refractivity contribution in [2.45, 2.75) is 0 Å². The van der Waals surface area contributed by atoms with Crippen LogP contribution in [0.25, 0.3) is 11.2 Å². The minimum Gasteiger partial charge on any atom is -0.343 e. The topological polar surface area (TPSA) is 41.6 Å². The minimum atomic E-state index is 0. The monoisotopic (exact) mass is 183 g/mol. The van der Waals surface area contributed by atoms with Gasteiger partial charge in [-0.05, 0) is 12.1 Å². The minimum absolute atomic E-state index is 0. The van der Waals surface area contributed by atoms with Crippen LogP contribution in [0.2, 0.25) is 0 Å². The summed E-state index contributed by atoms with van der Waals surface area (Å²) in [6.45, 7) is 0. The van der Waals surface area contributed by atoms with Crippen LogP contribution in [0.15, 0.2) is 24.7 Å². The molecule has 0 spiro atoms. The van der Waals surface area contributed by atoms with Gasteiger partial charge in [-0.15, -0.1) is 0 Å². The van der Waals surface area contributed by atoms with Crippen LogP contribution < -0.4 is 0 Å². The third kappa shape index (κ3) is 1.07. The van der Waals surface area contributed by atoms with Crippen LogP contribution in [0.1, 0.15) is 0 Å². The summed E-state index contributed by atoms with van der Waals surface area (Å²) in [6, 6.07) is 3.82. The zero-order valence-corrected chi connectivity index (χ0v) is 8.38. The van der Waals surface area contributed by atoms with Crippen LogP contribution in [0.4, 0.5) is 0 Å². The first kappa shape index (κ1) is 7.35. The molecule has 1 N–H and O–H groups in total. The summed E-state index contributed by atoms with van der Waals surface area (Å²) in [5, 5.41) is 0. The van der Waals surface area contributed by atoms with E-state index in [4.69, 9.17) is 0 Å². The van der Waals surface area contributed by atoms with Crippen LogP contribution >= 0.6 is 0 Å². The standard InChI is InChI=1S/C6H5N3.Zn/c1-2-5-6(7-3-1)9-4-8-5;/h1-4H,(H,7,8,9);. The van der Waals surface area contributed by atoms with Crippen LogP contribution in [-0.4, -0.2) is 15.0 Å². The molecule has 0 unspecified atom stereocenters. The molecular weight excluding hydrogens is 179 g/mol. The fourth-order valence-corrected chi connectivity index (χ4v) is 0.775. The van der Waals surface area contributed by atoms with Crippen molar-refractivity contribution in [2.75, 3.05) is 0 Å². The van der Waals surface area contributed by atoms with Crippen molar-refractivity contribution in [3.63, 3.8) is 0 Å². The van der Waals surface area contributed by atoms with Crippen molar-refractivity contribution in [1.82, 2.24) is 15.0 Å². The number of aromatic amines is 1. The molecule has 4 heteroatoms. The average Bonchev–Trinajstić information content (AvgIpc) is 2.33. The molecular formula is C6H5N3Zn. The van der Waals surface area contributed by atoms with E-state index in [1.807, 2.05) is 12.1 Å². The Morgan fingerprint density at radius 3 is 3.00 bits per heavy atom. The SMILES string of the molecule is [Zn].c1cnc2nc[nH]c2c1. The van der Waals surface area contributed by atoms with Gasteiger partial charge in [-0.1, -0.05) is 0 Å². The van der Waals surface area contributed by atoms with Crippen LogP contribution in [0.3, 0.4) is 0 Å². The smallest absolute Gasteiger partial charge is 0.177 e. The molecule has 0 atom stereocenters. The van der Waals surface area contributed by atoms with E-state index in [0.717, 1.165) is 11.2 Å². The van der Waals surface area contributed by atoms with Crippen LogP contribution in [-0.2, 0) is 19.5 Å². The number of aromatic nitrogens is 3. The fraction of sp³-hybridized carbons (Fsp3) is 0. The number of pyridine rings is 1. The first-order valence-electron chi connectivity index (χ1n) is 2.71. The molecule has 0 bridgehead atoms. The molecule has 2 heterocycles. The molecule has 0 saturated heterocycles. The second-order valence-electron chi connectivity index (χ2n) is 1.78. The second-order valence-corrected chi connectivity index (χ2v) is 1.78. The first-order chi connectivity index (χ1) is 4.47. The molecule has 3 nitrogen and oxygen atoms in total. The maximum atomic E-state index is 4.00. The molecule has 2 aromatic rings. The van der Waals surface area contributed by atoms with Crippen molar-refractivity contribution < 1.29 is 19.5 Å². The zero-order chi connectivity index (χ0) is 6.10. The van der Waals surface area contributed by atoms with E-state index in [0.29, 0.717) is 0 Å². The van der Waals surface area contributed by atoms with Crippen molar-refractivity contribution in [2.24, 2.45) is 0 Å². The Balaban J connectivity index is 0.000000500. The number of nitrogens with one attached hydrogen (secondary N) is 1. The third-order valence-electron chi connectivity index (χ3n) is 1.19. The summed E-state index contributed by atoms with van der Waals surface area (Å²) in [4.78, 5) is 10.9. The van der Waals surface area contributed by atoms with Gasteiger partial charge in [0.05, 0.1) is 11.8 Å². The van der Waals surface area contributed by atoms with E-state index < -0.39 is 0 Å². The molecule has 10 heavy (non-hydrogen) atoms. The van der Waals surface area contributed by atoms with Gasteiger partial charge in [-0.25, -0.2) is 9.97 Å². The van der Waals surface area contributed by atoms with E-state index in [2.05, 4.69) is 15.0 Å². The molecule has 0 amide bonds. The van der Waals surface area contributed by atoms with Crippen molar-refractivity contribution in [3.05, 3.63) is 24.7 Å². The molecule has 0 saturated carbocycles. The number of rotatable bonds is 0. The van der Waals surface area contributed by atoms with Gasteiger partial charge in [0, 0.05) is 25.7 Å². The number of H-pyrrole nitrogens is 1. The maximum absolute atomic E-state index is 4.00. The largest absolute Gasteiger partial charge is 0.343 e. The van der Waals surface area contributed by atoms with Gasteiger partial charge in [-0.3, -0.25) is 0 Å². The van der Waals surface area contributed by atoms with Crippen molar-refractivity contribution >= 4 is 11.2 Å². The van der Waals surface area contributed by atoms with Gasteiger partial charge in [0.1, 0.15) is 0 Å². The second kappa shape index (κ2) is 2.89. The summed E-state index contributed by atoms with van der Waals surface area (Å²) in [6.07, 6.45) is 3.36. The molecule has 0 aromatic carbocycles. The van der Waals surface area contributed by atoms with Crippen molar-refractivity contribution in [1.29, 1.82) is 0 Å². The van der Waals surface area contributed by atoms with Gasteiger partial charge in [0.2, 0.25) is 0 Å². The Morgan fingerprint density at radius 1 is 1.30 bits per heavy atom. The molecule has 0 radical (unpaired) electrons. The van der Waals surface area contributed by atoms with E-state index in [1.165, 1.54) is 0 Å². The quantitative estimate of drug-likeness (QED) is 0.620. The van der Waals surface area contributed by atoms with E-state index in [1.54, 1.807) is 12.5 Å². The van der Waals surface area contributed by atoms with E-state index in [-0.39, 0.29) is 19.5 Å². The summed E-state index contributed by atoms with van der Waals surface area (Å²) in [5.41, 5.74) is 1.76. The number of nitrogens with zero attached hydrogens (tertiary/aromatic N) is 2. The zero-order valence-electron chi connectivity index (χ0n) is 5.41. The number of imidazole rings is 1. The predicted molar refractivity (Wildman–Crippen MR) is 33.9 cm³/mol. The number of hydrogen-bond acceptors (Lipinski definition) is 2. The Morgan fingerprint density at radius 2 is 2.20 bits per heavy atom. The molecule has 0 aliphatic heterocycles. The number of hydrogen-bond donors (Lipinski definition) is 1. The summed E-state index contributed by atoms with van der Waals surface area (Å²) >= 11 is 0. The number of fused-ring (bicyclic) bond motifs is 1. The fourth-order valence-electron chi connectivity index (χ4n) is 0.775. The Kier molecular flexibility index (Phi) is 2.12. The maximum Gasteiger partial charge on any atom is 0.177 e. The van der Waals surface area contributed by atoms with E-state index >= 15 is 0 Å². The molecule has 2 rings (SSSR count). The normalized spacial score (nSPS) is 9.20. The van der Waals surface area contributed by atoms with Gasteiger partial charge in [-0.2, -0.15) is 0 Å².